The Hall–Kier alpha value is -3.07. The molecule has 36 heavy (non-hydrogen) atoms. The normalized spacial score (nSPS) is 17.9. The monoisotopic (exact) mass is 522 g/mol. The molecule has 0 aliphatic carbocycles. The molecule has 11 nitrogen and oxygen atoms in total. The van der Waals surface area contributed by atoms with E-state index in [1.54, 1.807) is 27.7 Å². The first-order chi connectivity index (χ1) is 17.0. The van der Waals surface area contributed by atoms with Gasteiger partial charge in [-0.25, -0.2) is 4.79 Å². The molecule has 1 fully saturated rings. The van der Waals surface area contributed by atoms with Crippen molar-refractivity contribution in [3.05, 3.63) is 29.7 Å². The van der Waals surface area contributed by atoms with Crippen molar-refractivity contribution in [2.24, 2.45) is 11.8 Å². The zero-order valence-corrected chi connectivity index (χ0v) is 22.2. The Morgan fingerprint density at radius 2 is 2.03 bits per heavy atom. The molecule has 0 bridgehead atoms. The Bertz CT molecular complexity index is 991. The maximum absolute atomic E-state index is 13.0. The van der Waals surface area contributed by atoms with E-state index in [0.717, 1.165) is 0 Å². The predicted molar refractivity (Wildman–Crippen MR) is 134 cm³/mol. The summed E-state index contributed by atoms with van der Waals surface area (Å²) < 4.78 is 9.80. The molecule has 1 aromatic rings. The minimum Gasteiger partial charge on any atom is -0.463 e. The number of Topliss-reactive ketones (excluding diaryl/α,β-unsaturated/α-hetero) is 1. The van der Waals surface area contributed by atoms with Crippen molar-refractivity contribution in [2.75, 3.05) is 13.2 Å². The van der Waals surface area contributed by atoms with Gasteiger partial charge in [-0.3, -0.25) is 19.2 Å². The topological polar surface area (TPSA) is 157 Å². The van der Waals surface area contributed by atoms with E-state index in [0.29, 0.717) is 25.1 Å². The number of amides is 3. The molecule has 3 N–H and O–H groups in total. The number of ether oxygens (including phenoxy) is 1. The van der Waals surface area contributed by atoms with Crippen LogP contribution in [0, 0.1) is 18.8 Å². The summed E-state index contributed by atoms with van der Waals surface area (Å²) in [5, 5.41) is 11.9. The van der Waals surface area contributed by atoms with Crippen molar-refractivity contribution in [1.82, 2.24) is 21.1 Å². The largest absolute Gasteiger partial charge is 0.463 e. The second kappa shape index (κ2) is 13.9. The van der Waals surface area contributed by atoms with Gasteiger partial charge in [-0.1, -0.05) is 25.1 Å². The van der Waals surface area contributed by atoms with E-state index in [-0.39, 0.29) is 42.2 Å². The molecule has 3 amide bonds. The molecule has 0 spiro atoms. The zero-order valence-electron chi connectivity index (χ0n) is 21.0. The summed E-state index contributed by atoms with van der Waals surface area (Å²) in [6, 6.07) is 0.0366. The van der Waals surface area contributed by atoms with Gasteiger partial charge in [0.25, 0.3) is 5.91 Å². The zero-order chi connectivity index (χ0) is 26.8. The number of hydrogen-bond donors (Lipinski definition) is 3. The van der Waals surface area contributed by atoms with Crippen LogP contribution in [0.2, 0.25) is 0 Å². The lowest BCUT2D eigenvalue weighted by Crippen LogP contribution is -2.47. The lowest BCUT2D eigenvalue weighted by molar-refractivity contribution is -0.137. The number of ketones is 1. The summed E-state index contributed by atoms with van der Waals surface area (Å²) >= 11 is 0. The van der Waals surface area contributed by atoms with E-state index >= 15 is 0 Å². The highest BCUT2D eigenvalue weighted by Crippen LogP contribution is 2.18. The first-order valence-corrected chi connectivity index (χ1v) is 12.6. The number of nitrogens with zero attached hydrogens (tertiary/aromatic N) is 1. The van der Waals surface area contributed by atoms with Gasteiger partial charge in [0.05, 0.1) is 18.3 Å². The molecule has 2 rings (SSSR count). The van der Waals surface area contributed by atoms with Gasteiger partial charge >= 0.3 is 5.97 Å². The van der Waals surface area contributed by atoms with Gasteiger partial charge in [0, 0.05) is 37.1 Å². The third kappa shape index (κ3) is 8.86. The van der Waals surface area contributed by atoms with Crippen LogP contribution < -0.4 is 16.0 Å². The van der Waals surface area contributed by atoms with Crippen LogP contribution in [0.4, 0.5) is 0 Å². The van der Waals surface area contributed by atoms with E-state index in [9.17, 15) is 24.0 Å². The summed E-state index contributed by atoms with van der Waals surface area (Å²) in [5.74, 6) is -2.01. The quantitative estimate of drug-likeness (QED) is 0.197. The van der Waals surface area contributed by atoms with Crippen LogP contribution in [-0.4, -0.2) is 65.5 Å². The van der Waals surface area contributed by atoms with Crippen molar-refractivity contribution >= 4 is 38.7 Å². The van der Waals surface area contributed by atoms with Crippen LogP contribution in [0.25, 0.3) is 0 Å². The van der Waals surface area contributed by atoms with Crippen molar-refractivity contribution in [1.29, 1.82) is 0 Å². The number of rotatable bonds is 13. The molecule has 2 unspecified atom stereocenters. The molecule has 2 heterocycles. The maximum Gasteiger partial charge on any atom is 0.330 e. The van der Waals surface area contributed by atoms with Crippen molar-refractivity contribution in [2.45, 2.75) is 64.7 Å². The smallest absolute Gasteiger partial charge is 0.330 e. The summed E-state index contributed by atoms with van der Waals surface area (Å²) in [6.07, 6.45) is 3.51. The Morgan fingerprint density at radius 3 is 2.58 bits per heavy atom. The third-order valence-corrected chi connectivity index (χ3v) is 6.24. The van der Waals surface area contributed by atoms with E-state index in [1.807, 2.05) is 0 Å². The molecular weight excluding hydrogens is 487 g/mol. The Morgan fingerprint density at radius 1 is 1.31 bits per heavy atom. The molecule has 0 saturated carbocycles. The van der Waals surface area contributed by atoms with Gasteiger partial charge in [-0.05, 0) is 32.6 Å². The van der Waals surface area contributed by atoms with Gasteiger partial charge in [0.15, 0.2) is 11.5 Å². The molecule has 5 atom stereocenters. The van der Waals surface area contributed by atoms with Gasteiger partial charge in [-0.15, -0.1) is 9.24 Å². The second-order valence-electron chi connectivity index (χ2n) is 9.03. The Balaban J connectivity index is 2.02. The SMILES string of the molecule is CCOC(=O)/C=C/[C@H](C[C@@H]1CCNC1=O)NC(=O)[C@H](P)CC(=O)C(NC(=O)c1cc(C)on1)C(C)C. The fourth-order valence-corrected chi connectivity index (χ4v) is 4.11. The van der Waals surface area contributed by atoms with Crippen LogP contribution in [0.3, 0.4) is 0 Å². The molecule has 0 radical (unpaired) electrons. The van der Waals surface area contributed by atoms with Gasteiger partial charge < -0.3 is 25.2 Å². The summed E-state index contributed by atoms with van der Waals surface area (Å²) in [4.78, 5) is 62.1. The number of hydrogen-bond acceptors (Lipinski definition) is 8. The average molecular weight is 523 g/mol. The summed E-state index contributed by atoms with van der Waals surface area (Å²) in [6.45, 7) is 7.69. The lowest BCUT2D eigenvalue weighted by atomic mass is 9.95. The van der Waals surface area contributed by atoms with E-state index in [1.165, 1.54) is 18.2 Å². The van der Waals surface area contributed by atoms with E-state index < -0.39 is 35.5 Å². The average Bonchev–Trinajstić information content (AvgIpc) is 3.43. The van der Waals surface area contributed by atoms with Crippen LogP contribution in [0.1, 0.15) is 56.3 Å². The summed E-state index contributed by atoms with van der Waals surface area (Å²) in [7, 11) is 2.35. The van der Waals surface area contributed by atoms with Crippen molar-refractivity contribution in [3.8, 4) is 0 Å². The fraction of sp³-hybridized carbons (Fsp3) is 0.583. The molecular formula is C24H35N4O7P. The van der Waals surface area contributed by atoms with Crippen LogP contribution in [0.5, 0.6) is 0 Å². The third-order valence-electron chi connectivity index (χ3n) is 5.70. The standard InChI is InChI=1S/C24H35N4O7P/c1-5-34-20(30)7-6-16(11-15-8-9-25-22(15)31)26-24(33)19(36)12-18(29)21(13(2)3)27-23(32)17-10-14(4)35-28-17/h6-7,10,13,15-16,19,21H,5,8-9,11-12,36H2,1-4H3,(H,25,31)(H,26,33)(H,27,32)/b7-6+/t15-,16+,19+,21?/m0/s1. The van der Waals surface area contributed by atoms with E-state index in [4.69, 9.17) is 9.26 Å². The van der Waals surface area contributed by atoms with Crippen molar-refractivity contribution < 1.29 is 33.2 Å². The highest BCUT2D eigenvalue weighted by Gasteiger charge is 2.31. The molecule has 1 aliphatic rings. The number of carbonyl (C=O) groups is 5. The van der Waals surface area contributed by atoms with Crippen molar-refractivity contribution in [3.63, 3.8) is 0 Å². The second-order valence-corrected chi connectivity index (χ2v) is 9.84. The van der Waals surface area contributed by atoms with Crippen LogP contribution >= 0.6 is 9.24 Å². The number of esters is 1. The summed E-state index contributed by atoms with van der Waals surface area (Å²) in [5.41, 5.74) is -0.723. The van der Waals surface area contributed by atoms with Gasteiger partial charge in [0.2, 0.25) is 11.8 Å². The van der Waals surface area contributed by atoms with Gasteiger partial charge in [-0.2, -0.15) is 0 Å². The molecule has 0 aromatic carbocycles. The number of aryl methyl sites for hydroxylation is 1. The molecule has 1 aromatic heterocycles. The van der Waals surface area contributed by atoms with Crippen LogP contribution in [-0.2, 0) is 23.9 Å². The highest BCUT2D eigenvalue weighted by molar-refractivity contribution is 7.19. The lowest BCUT2D eigenvalue weighted by Gasteiger charge is -2.23. The Kier molecular flexibility index (Phi) is 11.2. The number of aromatic nitrogens is 1. The minimum absolute atomic E-state index is 0.0679. The van der Waals surface area contributed by atoms with E-state index in [2.05, 4.69) is 30.3 Å². The predicted octanol–water partition coefficient (Wildman–Crippen LogP) is 1.07. The molecule has 1 aliphatic heterocycles. The molecule has 198 valence electrons. The minimum atomic E-state index is -0.827. The van der Waals surface area contributed by atoms with Gasteiger partial charge in [0.1, 0.15) is 5.76 Å². The number of carbonyl (C=O) groups excluding carboxylic acids is 5. The maximum atomic E-state index is 13.0. The Labute approximate surface area is 212 Å². The molecule has 12 heteroatoms. The van der Waals surface area contributed by atoms with Crippen LogP contribution in [0.15, 0.2) is 22.7 Å². The highest BCUT2D eigenvalue weighted by atomic mass is 31.0. The first kappa shape index (κ1) is 29.2. The molecule has 1 saturated heterocycles. The first-order valence-electron chi connectivity index (χ1n) is 12.0. The number of nitrogens with one attached hydrogen (secondary N) is 3. The fourth-order valence-electron chi connectivity index (χ4n) is 3.78.